The molecule has 0 unspecified atom stereocenters. The lowest BCUT2D eigenvalue weighted by atomic mass is 9.89. The Kier molecular flexibility index (Phi) is 5.95. The molecule has 0 spiro atoms. The molecule has 6 heteroatoms. The van der Waals surface area contributed by atoms with Crippen LogP contribution in [-0.2, 0) is 0 Å². The van der Waals surface area contributed by atoms with E-state index in [2.05, 4.69) is 10.4 Å². The summed E-state index contributed by atoms with van der Waals surface area (Å²) in [7, 11) is 0. The first-order valence-corrected chi connectivity index (χ1v) is 8.46. The van der Waals surface area contributed by atoms with Crippen molar-refractivity contribution in [3.63, 3.8) is 0 Å². The van der Waals surface area contributed by atoms with Crippen LogP contribution in [0.25, 0.3) is 5.69 Å². The fourth-order valence-corrected chi connectivity index (χ4v) is 2.74. The highest BCUT2D eigenvalue weighted by atomic mass is 19.1. The minimum absolute atomic E-state index is 0.129. The van der Waals surface area contributed by atoms with Gasteiger partial charge in [-0.3, -0.25) is 4.79 Å². The summed E-state index contributed by atoms with van der Waals surface area (Å²) in [6.45, 7) is 8.28. The van der Waals surface area contributed by atoms with E-state index >= 15 is 0 Å². The van der Waals surface area contributed by atoms with Gasteiger partial charge in [-0.2, -0.15) is 5.10 Å². The van der Waals surface area contributed by atoms with Gasteiger partial charge in [0.25, 0.3) is 5.91 Å². The minimum atomic E-state index is -0.311. The van der Waals surface area contributed by atoms with Crippen LogP contribution in [0.2, 0.25) is 0 Å². The third-order valence-electron chi connectivity index (χ3n) is 4.33. The van der Waals surface area contributed by atoms with Crippen molar-refractivity contribution in [3.05, 3.63) is 47.0 Å². The van der Waals surface area contributed by atoms with Crippen molar-refractivity contribution < 1.29 is 14.3 Å². The zero-order valence-corrected chi connectivity index (χ0v) is 15.3. The largest absolute Gasteiger partial charge is 0.396 e. The van der Waals surface area contributed by atoms with Gasteiger partial charge in [0.2, 0.25) is 0 Å². The molecule has 0 aliphatic rings. The molecule has 5 nitrogen and oxygen atoms in total. The molecule has 1 amide bonds. The molecule has 0 saturated carbocycles. The van der Waals surface area contributed by atoms with E-state index in [4.69, 9.17) is 0 Å². The van der Waals surface area contributed by atoms with E-state index in [-0.39, 0.29) is 23.7 Å². The van der Waals surface area contributed by atoms with Crippen molar-refractivity contribution >= 4 is 5.91 Å². The molecule has 2 N–H and O–H groups in total. The Morgan fingerprint density at radius 3 is 2.52 bits per heavy atom. The zero-order valence-electron chi connectivity index (χ0n) is 15.3. The number of amides is 1. The first-order chi connectivity index (χ1) is 11.7. The molecule has 0 bridgehead atoms. The van der Waals surface area contributed by atoms with Gasteiger partial charge in [-0.15, -0.1) is 0 Å². The van der Waals surface area contributed by atoms with Crippen LogP contribution >= 0.6 is 0 Å². The Labute approximate surface area is 147 Å². The first-order valence-electron chi connectivity index (χ1n) is 8.46. The first kappa shape index (κ1) is 19.1. The Morgan fingerprint density at radius 2 is 1.92 bits per heavy atom. The Morgan fingerprint density at radius 1 is 1.28 bits per heavy atom. The number of rotatable bonds is 7. The summed E-state index contributed by atoms with van der Waals surface area (Å²) in [4.78, 5) is 12.5. The fraction of sp³-hybridized carbons (Fsp3) is 0.474. The smallest absolute Gasteiger partial charge is 0.255 e. The summed E-state index contributed by atoms with van der Waals surface area (Å²) in [6, 6.07) is 6.00. The second-order valence-corrected chi connectivity index (χ2v) is 7.12. The molecule has 0 radical (unpaired) electrons. The summed E-state index contributed by atoms with van der Waals surface area (Å²) in [6.07, 6.45) is 1.63. The molecule has 1 aromatic heterocycles. The zero-order chi connectivity index (χ0) is 18.6. The van der Waals surface area contributed by atoms with E-state index in [1.807, 2.05) is 20.8 Å². The van der Waals surface area contributed by atoms with Crippen LogP contribution < -0.4 is 5.32 Å². The molecule has 2 rings (SSSR count). The minimum Gasteiger partial charge on any atom is -0.396 e. The summed E-state index contributed by atoms with van der Waals surface area (Å²) in [5.74, 6) is -0.473. The van der Waals surface area contributed by atoms with Gasteiger partial charge in [-0.1, -0.05) is 13.8 Å². The monoisotopic (exact) mass is 347 g/mol. The van der Waals surface area contributed by atoms with Gasteiger partial charge in [0.1, 0.15) is 5.82 Å². The van der Waals surface area contributed by atoms with E-state index in [1.54, 1.807) is 23.7 Å². The number of hydrogen-bond donors (Lipinski definition) is 2. The van der Waals surface area contributed by atoms with Crippen LogP contribution in [0, 0.1) is 25.1 Å². The van der Waals surface area contributed by atoms with Crippen LogP contribution in [0.1, 0.15) is 48.4 Å². The Balaban J connectivity index is 2.07. The number of carbonyl (C=O) groups excluding carboxylic acids is 1. The van der Waals surface area contributed by atoms with Crippen molar-refractivity contribution in [1.82, 2.24) is 15.1 Å². The summed E-state index contributed by atoms with van der Waals surface area (Å²) >= 11 is 0. The number of aliphatic hydroxyl groups excluding tert-OH is 1. The normalized spacial score (nSPS) is 11.6. The summed E-state index contributed by atoms with van der Waals surface area (Å²) < 4.78 is 14.7. The molecule has 0 atom stereocenters. The van der Waals surface area contributed by atoms with Crippen molar-refractivity contribution in [1.29, 1.82) is 0 Å². The van der Waals surface area contributed by atoms with E-state index in [0.29, 0.717) is 23.5 Å². The van der Waals surface area contributed by atoms with Gasteiger partial charge in [0.15, 0.2) is 0 Å². The van der Waals surface area contributed by atoms with Crippen LogP contribution in [0.4, 0.5) is 4.39 Å². The maximum atomic E-state index is 13.1. The third kappa shape index (κ3) is 4.66. The van der Waals surface area contributed by atoms with Crippen molar-refractivity contribution in [2.24, 2.45) is 5.41 Å². The molecule has 0 fully saturated rings. The van der Waals surface area contributed by atoms with Gasteiger partial charge >= 0.3 is 0 Å². The molecule has 0 aliphatic heterocycles. The number of aryl methyl sites for hydroxylation is 1. The molecule has 2 aromatic rings. The Hall–Kier alpha value is -2.21. The molecule has 136 valence electrons. The molecule has 25 heavy (non-hydrogen) atoms. The number of aromatic nitrogens is 2. The van der Waals surface area contributed by atoms with Crippen LogP contribution in [0.3, 0.4) is 0 Å². The highest BCUT2D eigenvalue weighted by Gasteiger charge is 2.20. The topological polar surface area (TPSA) is 67.2 Å². The maximum absolute atomic E-state index is 13.1. The highest BCUT2D eigenvalue weighted by Crippen LogP contribution is 2.21. The summed E-state index contributed by atoms with van der Waals surface area (Å²) in [5.41, 5.74) is 2.48. The highest BCUT2D eigenvalue weighted by molar-refractivity contribution is 5.96. The predicted molar refractivity (Wildman–Crippen MR) is 95.4 cm³/mol. The molecular weight excluding hydrogens is 321 g/mol. The number of halogens is 1. The van der Waals surface area contributed by atoms with E-state index in [1.165, 1.54) is 12.1 Å². The van der Waals surface area contributed by atoms with Crippen molar-refractivity contribution in [3.8, 4) is 5.69 Å². The second-order valence-electron chi connectivity index (χ2n) is 7.12. The maximum Gasteiger partial charge on any atom is 0.255 e. The number of aliphatic hydroxyl groups is 1. The molecule has 1 aromatic carbocycles. The quantitative estimate of drug-likeness (QED) is 0.756. The van der Waals surface area contributed by atoms with Crippen molar-refractivity contribution in [2.45, 2.75) is 40.5 Å². The van der Waals surface area contributed by atoms with Gasteiger partial charge in [0.05, 0.1) is 22.6 Å². The molecule has 0 saturated heterocycles. The average Bonchev–Trinajstić information content (AvgIpc) is 2.87. The molecule has 1 heterocycles. The Bertz CT molecular complexity index is 736. The average molecular weight is 347 g/mol. The van der Waals surface area contributed by atoms with Gasteiger partial charge in [-0.25, -0.2) is 9.07 Å². The lowest BCUT2D eigenvalue weighted by Crippen LogP contribution is -2.27. The van der Waals surface area contributed by atoms with Gasteiger partial charge in [-0.05, 0) is 56.4 Å². The van der Waals surface area contributed by atoms with Crippen LogP contribution in [0.15, 0.2) is 24.3 Å². The molecule has 0 aliphatic carbocycles. The SMILES string of the molecule is Cc1nn(-c2ccc(F)cc2)c(C)c1C(=O)NCCCC(C)(C)CO. The van der Waals surface area contributed by atoms with Crippen LogP contribution in [0.5, 0.6) is 0 Å². The van der Waals surface area contributed by atoms with E-state index < -0.39 is 0 Å². The second kappa shape index (κ2) is 7.78. The third-order valence-corrected chi connectivity index (χ3v) is 4.33. The van der Waals surface area contributed by atoms with Crippen LogP contribution in [-0.4, -0.2) is 33.9 Å². The number of nitrogens with zero attached hydrogens (tertiary/aromatic N) is 2. The lowest BCUT2D eigenvalue weighted by Gasteiger charge is -2.21. The number of benzene rings is 1. The predicted octanol–water partition coefficient (Wildman–Crippen LogP) is 3.16. The summed E-state index contributed by atoms with van der Waals surface area (Å²) in [5, 5.41) is 16.6. The number of carbonyl (C=O) groups is 1. The van der Waals surface area contributed by atoms with E-state index in [0.717, 1.165) is 18.5 Å². The van der Waals surface area contributed by atoms with Gasteiger partial charge in [0, 0.05) is 13.2 Å². The van der Waals surface area contributed by atoms with E-state index in [9.17, 15) is 14.3 Å². The molecular formula is C19H26FN3O2. The fourth-order valence-electron chi connectivity index (χ4n) is 2.74. The number of hydrogen-bond acceptors (Lipinski definition) is 3. The van der Waals surface area contributed by atoms with Gasteiger partial charge < -0.3 is 10.4 Å². The standard InChI is InChI=1S/C19H26FN3O2/c1-13-17(18(25)21-11-5-10-19(3,4)12-24)14(2)23(22-13)16-8-6-15(20)7-9-16/h6-9,24H,5,10-12H2,1-4H3,(H,21,25). The lowest BCUT2D eigenvalue weighted by molar-refractivity contribution is 0.0947. The van der Waals surface area contributed by atoms with Crippen molar-refractivity contribution in [2.75, 3.05) is 13.2 Å². The number of nitrogens with one attached hydrogen (secondary N) is 1.